The van der Waals surface area contributed by atoms with Crippen LogP contribution in [0.4, 0.5) is 11.4 Å². The van der Waals surface area contributed by atoms with Gasteiger partial charge in [-0.15, -0.1) is 0 Å². The van der Waals surface area contributed by atoms with Crippen molar-refractivity contribution in [2.24, 2.45) is 0 Å². The highest BCUT2D eigenvalue weighted by atomic mass is 35.5. The van der Waals surface area contributed by atoms with Crippen LogP contribution in [0.15, 0.2) is 77.9 Å². The standard InChI is InChI=1S/C27H35N3.ClH/c1-20-19-23(13-18-26(20)29(4)5)27(21-9-14-24(15-10-21)28(2)3)22-11-16-25(17-12-22)30(6,7)8;/h9-19H,1-8H3;1H/q+2;/p-1. The van der Waals surface area contributed by atoms with E-state index in [0.29, 0.717) is 0 Å². The van der Waals surface area contributed by atoms with E-state index < -0.39 is 0 Å². The molecular weight excluding hydrogens is 402 g/mol. The van der Waals surface area contributed by atoms with Gasteiger partial charge in [-0.2, -0.15) is 0 Å². The third-order valence-electron chi connectivity index (χ3n) is 5.57. The number of halogens is 1. The molecule has 0 atom stereocenters. The van der Waals surface area contributed by atoms with Crippen LogP contribution in [0.5, 0.6) is 0 Å². The van der Waals surface area contributed by atoms with E-state index >= 15 is 0 Å². The lowest BCUT2D eigenvalue weighted by molar-refractivity contribution is -0.463. The normalized spacial score (nSPS) is 15.2. The van der Waals surface area contributed by atoms with Crippen molar-refractivity contribution in [2.75, 3.05) is 54.2 Å². The maximum absolute atomic E-state index is 2.30. The van der Waals surface area contributed by atoms with Crippen LogP contribution in [0, 0.1) is 0 Å². The van der Waals surface area contributed by atoms with E-state index in [2.05, 4.69) is 132 Å². The number of hydrogen-bond acceptors (Lipinski definition) is 1. The van der Waals surface area contributed by atoms with Gasteiger partial charge in [-0.1, -0.05) is 12.1 Å². The van der Waals surface area contributed by atoms with Gasteiger partial charge < -0.3 is 17.3 Å². The van der Waals surface area contributed by atoms with E-state index in [1.807, 2.05) is 0 Å². The molecule has 0 unspecified atom stereocenters. The zero-order valence-corrected chi connectivity index (χ0v) is 20.8. The van der Waals surface area contributed by atoms with Gasteiger partial charge in [0.15, 0.2) is 0 Å². The van der Waals surface area contributed by atoms with E-state index in [9.17, 15) is 0 Å². The van der Waals surface area contributed by atoms with E-state index in [-0.39, 0.29) is 12.4 Å². The summed E-state index contributed by atoms with van der Waals surface area (Å²) in [6.07, 6.45) is 6.77. The van der Waals surface area contributed by atoms with Crippen LogP contribution >= 0.6 is 0 Å². The van der Waals surface area contributed by atoms with Crippen LogP contribution in [0.25, 0.3) is 5.57 Å². The van der Waals surface area contributed by atoms with Gasteiger partial charge in [0.1, 0.15) is 19.8 Å². The highest BCUT2D eigenvalue weighted by molar-refractivity contribution is 6.07. The lowest BCUT2D eigenvalue weighted by Crippen LogP contribution is -3.00. The maximum Gasteiger partial charge on any atom is 0.202 e. The van der Waals surface area contributed by atoms with E-state index in [0.717, 1.165) is 4.48 Å². The number of benzene rings is 2. The lowest BCUT2D eigenvalue weighted by atomic mass is 9.89. The zero-order chi connectivity index (χ0) is 22.1. The molecule has 164 valence electrons. The summed E-state index contributed by atoms with van der Waals surface area (Å²) >= 11 is 0. The Hall–Kier alpha value is -2.62. The summed E-state index contributed by atoms with van der Waals surface area (Å²) in [4.78, 5) is 2.13. The van der Waals surface area contributed by atoms with Crippen molar-refractivity contribution in [2.45, 2.75) is 6.92 Å². The molecule has 0 bridgehead atoms. The molecule has 0 saturated carbocycles. The fourth-order valence-electron chi connectivity index (χ4n) is 3.81. The van der Waals surface area contributed by atoms with Gasteiger partial charge in [0, 0.05) is 31.4 Å². The smallest absolute Gasteiger partial charge is 0.202 e. The topological polar surface area (TPSA) is 6.25 Å². The molecule has 1 aliphatic carbocycles. The van der Waals surface area contributed by atoms with Crippen LogP contribution < -0.4 is 21.8 Å². The lowest BCUT2D eigenvalue weighted by Gasteiger charge is -2.24. The first-order valence-corrected chi connectivity index (χ1v) is 10.4. The number of nitrogens with zero attached hydrogens (tertiary/aromatic N) is 3. The minimum Gasteiger partial charge on any atom is -1.00 e. The second-order valence-corrected chi connectivity index (χ2v) is 9.27. The third kappa shape index (κ3) is 5.55. The maximum atomic E-state index is 2.30. The molecule has 0 amide bonds. The van der Waals surface area contributed by atoms with Gasteiger partial charge in [-0.3, -0.25) is 4.48 Å². The van der Waals surface area contributed by atoms with Gasteiger partial charge in [-0.05, 0) is 77.7 Å². The van der Waals surface area contributed by atoms with Gasteiger partial charge in [0.25, 0.3) is 0 Å². The van der Waals surface area contributed by atoms with Crippen LogP contribution in [0.1, 0.15) is 18.1 Å². The Morgan fingerprint density at radius 3 is 1.74 bits per heavy atom. The minimum atomic E-state index is 0. The predicted molar refractivity (Wildman–Crippen MR) is 133 cm³/mol. The fraction of sp³-hybridized carbons (Fsp3) is 0.296. The quantitative estimate of drug-likeness (QED) is 0.524. The molecule has 0 saturated heterocycles. The van der Waals surface area contributed by atoms with Crippen LogP contribution in [0.3, 0.4) is 0 Å². The molecule has 2 aromatic carbocycles. The van der Waals surface area contributed by atoms with Crippen molar-refractivity contribution in [3.8, 4) is 0 Å². The molecule has 0 spiro atoms. The molecule has 3 rings (SSSR count). The summed E-state index contributed by atoms with van der Waals surface area (Å²) in [5.41, 5.74) is 10.0. The average molecular weight is 437 g/mol. The van der Waals surface area contributed by atoms with E-state index in [1.54, 1.807) is 0 Å². The van der Waals surface area contributed by atoms with Gasteiger partial charge in [-0.25, -0.2) is 4.58 Å². The van der Waals surface area contributed by atoms with Crippen molar-refractivity contribution < 1.29 is 17.0 Å². The van der Waals surface area contributed by atoms with Crippen LogP contribution in [0.2, 0.25) is 0 Å². The molecule has 0 aliphatic heterocycles. The Bertz CT molecular complexity index is 1040. The minimum absolute atomic E-state index is 0. The Labute approximate surface area is 194 Å². The SMILES string of the molecule is CC1=C/C(=C(\c2ccc(N(C)C)cc2)c2ccc([N+](C)(C)C)cc2)C=CC1=[N+](C)C.[Cl-]. The molecule has 1 aliphatic rings. The molecular formula is C27H35ClN3+. The predicted octanol–water partition coefficient (Wildman–Crippen LogP) is 1.98. The monoisotopic (exact) mass is 436 g/mol. The molecule has 2 aromatic rings. The Kier molecular flexibility index (Phi) is 7.69. The van der Waals surface area contributed by atoms with Gasteiger partial charge >= 0.3 is 0 Å². The van der Waals surface area contributed by atoms with Crippen molar-refractivity contribution in [1.82, 2.24) is 4.48 Å². The zero-order valence-electron chi connectivity index (χ0n) is 20.1. The summed E-state index contributed by atoms with van der Waals surface area (Å²) in [7, 11) is 14.9. The van der Waals surface area contributed by atoms with Crippen LogP contribution in [-0.2, 0) is 0 Å². The first-order chi connectivity index (χ1) is 14.1. The van der Waals surface area contributed by atoms with E-state index in [1.165, 1.54) is 44.9 Å². The van der Waals surface area contributed by atoms with E-state index in [4.69, 9.17) is 0 Å². The summed E-state index contributed by atoms with van der Waals surface area (Å²) in [6.45, 7) is 2.19. The molecule has 0 fully saturated rings. The summed E-state index contributed by atoms with van der Waals surface area (Å²) in [5, 5.41) is 0. The third-order valence-corrected chi connectivity index (χ3v) is 5.57. The molecule has 31 heavy (non-hydrogen) atoms. The highest BCUT2D eigenvalue weighted by Gasteiger charge is 2.18. The first kappa shape index (κ1) is 24.6. The number of hydrogen-bond donors (Lipinski definition) is 0. The first-order valence-electron chi connectivity index (χ1n) is 10.4. The largest absolute Gasteiger partial charge is 1.00 e. The Balaban J connectivity index is 0.00000341. The average Bonchev–Trinajstić information content (AvgIpc) is 2.68. The molecule has 0 aromatic heterocycles. The summed E-state index contributed by atoms with van der Waals surface area (Å²) in [6, 6.07) is 17.8. The number of allylic oxidation sites excluding steroid dienone is 5. The second kappa shape index (κ2) is 9.67. The Morgan fingerprint density at radius 2 is 1.32 bits per heavy atom. The molecule has 0 N–H and O–H groups in total. The van der Waals surface area contributed by atoms with Crippen molar-refractivity contribution in [3.05, 3.63) is 89.0 Å². The number of quaternary nitrogens is 1. The number of anilines is 1. The molecule has 0 radical (unpaired) electrons. The summed E-state index contributed by atoms with van der Waals surface area (Å²) < 4.78 is 2.98. The number of rotatable bonds is 4. The van der Waals surface area contributed by atoms with Gasteiger partial charge in [0.05, 0.1) is 21.1 Å². The molecule has 0 heterocycles. The second-order valence-electron chi connectivity index (χ2n) is 9.27. The molecule has 4 heteroatoms. The van der Waals surface area contributed by atoms with Gasteiger partial charge in [0.2, 0.25) is 5.71 Å². The summed E-state index contributed by atoms with van der Waals surface area (Å²) in [5.74, 6) is 0. The fourth-order valence-corrected chi connectivity index (χ4v) is 3.81. The van der Waals surface area contributed by atoms with Crippen molar-refractivity contribution >= 4 is 22.7 Å². The highest BCUT2D eigenvalue weighted by Crippen LogP contribution is 2.33. The Morgan fingerprint density at radius 1 is 0.806 bits per heavy atom. The van der Waals surface area contributed by atoms with Crippen molar-refractivity contribution in [3.63, 3.8) is 0 Å². The van der Waals surface area contributed by atoms with Crippen LogP contribution in [-0.4, -0.2) is 59.6 Å². The van der Waals surface area contributed by atoms with Crippen molar-refractivity contribution in [1.29, 1.82) is 0 Å². The molecule has 3 nitrogen and oxygen atoms in total.